The van der Waals surface area contributed by atoms with Gasteiger partial charge in [-0.25, -0.2) is 0 Å². The molecule has 1 unspecified atom stereocenters. The van der Waals surface area contributed by atoms with E-state index in [-0.39, 0.29) is 0 Å². The van der Waals surface area contributed by atoms with Gasteiger partial charge in [0.25, 0.3) is 5.30 Å². The number of para-hydroxylation sites is 1. The molecule has 0 fully saturated rings. The SMILES string of the molecule is COc1ccccc1[P+](=O)Cl. The first kappa shape index (κ1) is 8.51. The van der Waals surface area contributed by atoms with Crippen LogP contribution in [0.3, 0.4) is 0 Å². The third-order valence-electron chi connectivity index (χ3n) is 1.27. The van der Waals surface area contributed by atoms with Crippen LogP contribution in [0.15, 0.2) is 24.3 Å². The predicted octanol–water partition coefficient (Wildman–Crippen LogP) is 2.30. The summed E-state index contributed by atoms with van der Waals surface area (Å²) >= 11 is 5.42. The molecule has 58 valence electrons. The van der Waals surface area contributed by atoms with E-state index in [4.69, 9.17) is 16.0 Å². The molecular formula is C7H7ClO2P+. The normalized spacial score (nSPS) is 10.9. The Labute approximate surface area is 70.7 Å². The summed E-state index contributed by atoms with van der Waals surface area (Å²) < 4.78 is 15.8. The second-order valence-corrected chi connectivity index (χ2v) is 3.81. The predicted molar refractivity (Wildman–Crippen MR) is 46.1 cm³/mol. The molecule has 1 atom stereocenters. The van der Waals surface area contributed by atoms with Gasteiger partial charge < -0.3 is 4.74 Å². The highest BCUT2D eigenvalue weighted by molar-refractivity contribution is 7.80. The Hall–Kier alpha value is -0.590. The Morgan fingerprint density at radius 3 is 2.55 bits per heavy atom. The van der Waals surface area contributed by atoms with E-state index in [2.05, 4.69) is 0 Å². The smallest absolute Gasteiger partial charge is 0.492 e. The fraction of sp³-hybridized carbons (Fsp3) is 0.143. The molecule has 1 rings (SSSR count). The number of methoxy groups -OCH3 is 1. The highest BCUT2D eigenvalue weighted by Gasteiger charge is 2.21. The van der Waals surface area contributed by atoms with Crippen LogP contribution in [0.5, 0.6) is 5.75 Å². The van der Waals surface area contributed by atoms with Gasteiger partial charge in [-0.15, -0.1) is 0 Å². The summed E-state index contributed by atoms with van der Waals surface area (Å²) in [7, 11) is -0.303. The fourth-order valence-corrected chi connectivity index (χ4v) is 1.74. The van der Waals surface area contributed by atoms with Crippen LogP contribution >= 0.6 is 18.4 Å². The Kier molecular flexibility index (Phi) is 2.86. The van der Waals surface area contributed by atoms with Gasteiger partial charge >= 0.3 is 7.15 Å². The molecule has 0 aliphatic carbocycles. The fourth-order valence-electron chi connectivity index (χ4n) is 0.775. The van der Waals surface area contributed by atoms with Gasteiger partial charge in [0.15, 0.2) is 5.75 Å². The Bertz CT molecular complexity index is 275. The third kappa shape index (κ3) is 1.92. The van der Waals surface area contributed by atoms with Gasteiger partial charge in [-0.05, 0) is 16.7 Å². The highest BCUT2D eigenvalue weighted by Crippen LogP contribution is 2.29. The van der Waals surface area contributed by atoms with E-state index in [1.54, 1.807) is 24.3 Å². The monoisotopic (exact) mass is 189 g/mol. The number of rotatable bonds is 2. The molecule has 0 heterocycles. The lowest BCUT2D eigenvalue weighted by Gasteiger charge is -1.95. The van der Waals surface area contributed by atoms with Crippen LogP contribution in [-0.4, -0.2) is 7.11 Å². The van der Waals surface area contributed by atoms with E-state index in [0.717, 1.165) is 0 Å². The van der Waals surface area contributed by atoms with Crippen molar-refractivity contribution in [2.45, 2.75) is 0 Å². The molecule has 2 nitrogen and oxygen atoms in total. The summed E-state index contributed by atoms with van der Waals surface area (Å²) in [4.78, 5) is 0. The molecule has 1 aromatic rings. The lowest BCUT2D eigenvalue weighted by Crippen LogP contribution is -1.99. The quantitative estimate of drug-likeness (QED) is 0.668. The second kappa shape index (κ2) is 3.70. The van der Waals surface area contributed by atoms with Gasteiger partial charge in [-0.3, -0.25) is 0 Å². The maximum absolute atomic E-state index is 10.9. The molecule has 0 spiro atoms. The van der Waals surface area contributed by atoms with Crippen molar-refractivity contribution in [1.29, 1.82) is 0 Å². The highest BCUT2D eigenvalue weighted by atomic mass is 35.7. The molecule has 0 saturated heterocycles. The first-order valence-electron chi connectivity index (χ1n) is 3.01. The molecule has 0 aliphatic rings. The third-order valence-corrected chi connectivity index (χ3v) is 2.57. The standard InChI is InChI=1S/C7H7ClO2P/c1-10-6-4-2-3-5-7(6)11(8)9/h2-5H,1H3/q+1. The molecule has 0 aromatic heterocycles. The minimum atomic E-state index is -1.82. The summed E-state index contributed by atoms with van der Waals surface area (Å²) in [6.45, 7) is 0. The average Bonchev–Trinajstić information content (AvgIpc) is 2.04. The summed E-state index contributed by atoms with van der Waals surface area (Å²) in [5.74, 6) is 0.573. The van der Waals surface area contributed by atoms with Gasteiger partial charge in [-0.2, -0.15) is 0 Å². The Morgan fingerprint density at radius 1 is 1.45 bits per heavy atom. The minimum absolute atomic E-state index is 0.548. The summed E-state index contributed by atoms with van der Waals surface area (Å²) in [6.07, 6.45) is 0. The Morgan fingerprint density at radius 2 is 2.09 bits per heavy atom. The van der Waals surface area contributed by atoms with Crippen molar-refractivity contribution in [2.75, 3.05) is 7.11 Å². The van der Waals surface area contributed by atoms with Gasteiger partial charge in [0.2, 0.25) is 11.2 Å². The number of benzene rings is 1. The van der Waals surface area contributed by atoms with Crippen molar-refractivity contribution in [3.63, 3.8) is 0 Å². The first-order valence-corrected chi connectivity index (χ1v) is 5.18. The lowest BCUT2D eigenvalue weighted by molar-refractivity contribution is 0.418. The molecule has 11 heavy (non-hydrogen) atoms. The number of hydrogen-bond acceptors (Lipinski definition) is 2. The van der Waals surface area contributed by atoms with E-state index in [1.165, 1.54) is 7.11 Å². The molecular weight excluding hydrogens is 183 g/mol. The zero-order chi connectivity index (χ0) is 8.27. The minimum Gasteiger partial charge on any atom is -0.492 e. The number of ether oxygens (including phenoxy) is 1. The maximum atomic E-state index is 10.9. The van der Waals surface area contributed by atoms with E-state index < -0.39 is 7.15 Å². The molecule has 1 aromatic carbocycles. The van der Waals surface area contributed by atoms with Crippen LogP contribution in [0.1, 0.15) is 0 Å². The summed E-state index contributed by atoms with van der Waals surface area (Å²) in [5, 5.41) is 0.548. The zero-order valence-corrected chi connectivity index (χ0v) is 7.60. The first-order chi connectivity index (χ1) is 5.25. The summed E-state index contributed by atoms with van der Waals surface area (Å²) in [6, 6.07) is 6.99. The van der Waals surface area contributed by atoms with Crippen LogP contribution in [-0.2, 0) is 4.57 Å². The van der Waals surface area contributed by atoms with Crippen LogP contribution < -0.4 is 10.0 Å². The van der Waals surface area contributed by atoms with Crippen LogP contribution in [0.2, 0.25) is 0 Å². The maximum Gasteiger partial charge on any atom is 0.498 e. The van der Waals surface area contributed by atoms with Crippen molar-refractivity contribution >= 4 is 23.7 Å². The molecule has 0 aliphatic heterocycles. The van der Waals surface area contributed by atoms with E-state index >= 15 is 0 Å². The molecule has 0 amide bonds. The van der Waals surface area contributed by atoms with E-state index in [9.17, 15) is 4.57 Å². The molecule has 0 radical (unpaired) electrons. The number of hydrogen-bond donors (Lipinski definition) is 0. The zero-order valence-electron chi connectivity index (χ0n) is 5.95. The molecule has 4 heteroatoms. The second-order valence-electron chi connectivity index (χ2n) is 1.92. The van der Waals surface area contributed by atoms with Crippen LogP contribution in [0.4, 0.5) is 0 Å². The van der Waals surface area contributed by atoms with Crippen molar-refractivity contribution in [3.8, 4) is 5.75 Å². The van der Waals surface area contributed by atoms with Gasteiger partial charge in [0.1, 0.15) is 0 Å². The van der Waals surface area contributed by atoms with Gasteiger partial charge in [0.05, 0.1) is 7.11 Å². The summed E-state index contributed by atoms with van der Waals surface area (Å²) in [5.41, 5.74) is 0. The van der Waals surface area contributed by atoms with Crippen molar-refractivity contribution < 1.29 is 9.30 Å². The van der Waals surface area contributed by atoms with Crippen molar-refractivity contribution in [1.82, 2.24) is 0 Å². The largest absolute Gasteiger partial charge is 0.498 e. The van der Waals surface area contributed by atoms with Gasteiger partial charge in [0, 0.05) is 0 Å². The topological polar surface area (TPSA) is 26.3 Å². The van der Waals surface area contributed by atoms with Crippen molar-refractivity contribution in [3.05, 3.63) is 24.3 Å². The lowest BCUT2D eigenvalue weighted by atomic mass is 10.3. The van der Waals surface area contributed by atoms with Crippen molar-refractivity contribution in [2.24, 2.45) is 0 Å². The molecule has 0 saturated carbocycles. The van der Waals surface area contributed by atoms with Crippen LogP contribution in [0, 0.1) is 0 Å². The van der Waals surface area contributed by atoms with Gasteiger partial charge in [-0.1, -0.05) is 12.1 Å². The average molecular weight is 190 g/mol. The van der Waals surface area contributed by atoms with Crippen LogP contribution in [0.25, 0.3) is 0 Å². The molecule has 0 bridgehead atoms. The Balaban J connectivity index is 3.12. The number of halogens is 1. The van der Waals surface area contributed by atoms with E-state index in [1.807, 2.05) is 0 Å². The molecule has 0 N–H and O–H groups in total. The van der Waals surface area contributed by atoms with E-state index in [0.29, 0.717) is 11.1 Å².